The lowest BCUT2D eigenvalue weighted by molar-refractivity contribution is 0.110. The molecule has 0 saturated heterocycles. The van der Waals surface area contributed by atoms with Crippen molar-refractivity contribution in [3.8, 4) is 5.75 Å². The molecule has 0 aromatic heterocycles. The van der Waals surface area contributed by atoms with E-state index in [4.69, 9.17) is 20.9 Å². The summed E-state index contributed by atoms with van der Waals surface area (Å²) in [6, 6.07) is 8.93. The molecule has 5 heteroatoms. The Morgan fingerprint density at radius 2 is 1.73 bits per heavy atom. The quantitative estimate of drug-likeness (QED) is 0.832. The van der Waals surface area contributed by atoms with Crippen molar-refractivity contribution < 1.29 is 13.9 Å². The van der Waals surface area contributed by atoms with Crippen molar-refractivity contribution in [3.63, 3.8) is 0 Å². The van der Waals surface area contributed by atoms with Gasteiger partial charge in [0.25, 0.3) is 0 Å². The summed E-state index contributed by atoms with van der Waals surface area (Å²) >= 11 is 4.90. The molecule has 15 heavy (non-hydrogen) atoms. The van der Waals surface area contributed by atoms with E-state index in [1.807, 2.05) is 39.0 Å². The van der Waals surface area contributed by atoms with Gasteiger partial charge in [0.1, 0.15) is 5.75 Å². The zero-order chi connectivity index (χ0) is 11.5. The first-order chi connectivity index (χ1) is 6.79. The number of para-hydroxylation sites is 1. The van der Waals surface area contributed by atoms with Gasteiger partial charge >= 0.3 is 6.72 Å². The maximum Gasteiger partial charge on any atom is 0.378 e. The second-order valence-electron chi connectivity index (χ2n) is 4.08. The first kappa shape index (κ1) is 12.7. The average molecular weight is 246 g/mol. The minimum Gasteiger partial charge on any atom is -0.424 e. The molecular formula is C10H15O3PS. The molecular weight excluding hydrogens is 231 g/mol. The van der Waals surface area contributed by atoms with E-state index in [1.165, 1.54) is 0 Å². The van der Waals surface area contributed by atoms with Gasteiger partial charge in [-0.25, -0.2) is 0 Å². The fraction of sp³-hybridized carbons (Fsp3) is 0.400. The molecule has 1 N–H and O–H groups in total. The van der Waals surface area contributed by atoms with Gasteiger partial charge < -0.3 is 9.42 Å². The Balaban J connectivity index is 2.69. The molecule has 1 aromatic rings. The molecule has 0 amide bonds. The van der Waals surface area contributed by atoms with Crippen LogP contribution in [0.25, 0.3) is 0 Å². The Bertz CT molecular complexity index is 359. The predicted molar refractivity (Wildman–Crippen MR) is 64.4 cm³/mol. The summed E-state index contributed by atoms with van der Waals surface area (Å²) in [4.78, 5) is 9.78. The van der Waals surface area contributed by atoms with Crippen molar-refractivity contribution in [1.29, 1.82) is 0 Å². The van der Waals surface area contributed by atoms with Gasteiger partial charge in [0.05, 0.1) is 5.60 Å². The van der Waals surface area contributed by atoms with Crippen molar-refractivity contribution in [3.05, 3.63) is 30.3 Å². The fourth-order valence-electron chi connectivity index (χ4n) is 0.979. The molecule has 84 valence electrons. The molecule has 0 aliphatic rings. The second kappa shape index (κ2) is 4.62. The number of rotatable bonds is 3. The Labute approximate surface area is 95.3 Å². The third-order valence-corrected chi connectivity index (χ3v) is 3.02. The lowest BCUT2D eigenvalue weighted by atomic mass is 10.2. The van der Waals surface area contributed by atoms with Gasteiger partial charge in [-0.1, -0.05) is 18.2 Å². The van der Waals surface area contributed by atoms with E-state index in [9.17, 15) is 4.89 Å². The van der Waals surface area contributed by atoms with Gasteiger partial charge in [-0.15, -0.1) is 0 Å². The highest BCUT2D eigenvalue weighted by molar-refractivity contribution is 8.07. The van der Waals surface area contributed by atoms with Crippen LogP contribution in [-0.4, -0.2) is 10.5 Å². The molecule has 1 aromatic carbocycles. The van der Waals surface area contributed by atoms with Crippen LogP contribution in [0.4, 0.5) is 0 Å². The summed E-state index contributed by atoms with van der Waals surface area (Å²) in [5.41, 5.74) is -0.515. The van der Waals surface area contributed by atoms with Crippen LogP contribution >= 0.6 is 6.72 Å². The molecule has 1 atom stereocenters. The largest absolute Gasteiger partial charge is 0.424 e. The van der Waals surface area contributed by atoms with Crippen LogP contribution in [0.5, 0.6) is 5.75 Å². The van der Waals surface area contributed by atoms with Gasteiger partial charge in [0, 0.05) is 11.8 Å². The molecule has 0 aliphatic carbocycles. The second-order valence-corrected chi connectivity index (χ2v) is 6.76. The summed E-state index contributed by atoms with van der Waals surface area (Å²) in [5, 5.41) is 0. The van der Waals surface area contributed by atoms with E-state index in [-0.39, 0.29) is 0 Å². The van der Waals surface area contributed by atoms with E-state index in [0.717, 1.165) is 0 Å². The predicted octanol–water partition coefficient (Wildman–Crippen LogP) is 3.10. The van der Waals surface area contributed by atoms with Crippen LogP contribution in [0.1, 0.15) is 20.8 Å². The molecule has 0 saturated carbocycles. The molecule has 0 heterocycles. The minimum atomic E-state index is -3.20. The van der Waals surface area contributed by atoms with Crippen LogP contribution in [0.3, 0.4) is 0 Å². The zero-order valence-corrected chi connectivity index (χ0v) is 10.7. The fourth-order valence-corrected chi connectivity index (χ4v) is 3.03. The van der Waals surface area contributed by atoms with Crippen molar-refractivity contribution in [2.24, 2.45) is 0 Å². The SMILES string of the molecule is CC(C)(C)OP(O)(=S)Oc1ccccc1. The first-order valence-corrected chi connectivity index (χ1v) is 7.16. The van der Waals surface area contributed by atoms with Crippen LogP contribution < -0.4 is 4.52 Å². The maximum atomic E-state index is 9.78. The highest BCUT2D eigenvalue weighted by Crippen LogP contribution is 2.47. The zero-order valence-electron chi connectivity index (χ0n) is 9.01. The van der Waals surface area contributed by atoms with Crippen LogP contribution in [0.2, 0.25) is 0 Å². The van der Waals surface area contributed by atoms with E-state index in [1.54, 1.807) is 12.1 Å². The monoisotopic (exact) mass is 246 g/mol. The number of hydrogen-bond acceptors (Lipinski definition) is 3. The van der Waals surface area contributed by atoms with Crippen LogP contribution in [-0.2, 0) is 16.3 Å². The summed E-state index contributed by atoms with van der Waals surface area (Å²) in [7, 11) is 0. The molecule has 3 nitrogen and oxygen atoms in total. The number of benzene rings is 1. The van der Waals surface area contributed by atoms with Gasteiger partial charge in [0.15, 0.2) is 0 Å². The average Bonchev–Trinajstić information content (AvgIpc) is 1.99. The van der Waals surface area contributed by atoms with E-state index >= 15 is 0 Å². The highest BCUT2D eigenvalue weighted by Gasteiger charge is 2.25. The molecule has 0 fully saturated rings. The molecule has 0 spiro atoms. The van der Waals surface area contributed by atoms with Gasteiger partial charge in [-0.2, -0.15) is 0 Å². The van der Waals surface area contributed by atoms with Crippen molar-refractivity contribution >= 4 is 18.5 Å². The summed E-state index contributed by atoms with van der Waals surface area (Å²) in [6.07, 6.45) is 0. The lowest BCUT2D eigenvalue weighted by Crippen LogP contribution is -2.18. The topological polar surface area (TPSA) is 38.7 Å². The van der Waals surface area contributed by atoms with E-state index < -0.39 is 12.3 Å². The smallest absolute Gasteiger partial charge is 0.378 e. The third-order valence-electron chi connectivity index (χ3n) is 1.35. The van der Waals surface area contributed by atoms with E-state index in [2.05, 4.69) is 0 Å². The van der Waals surface area contributed by atoms with Crippen molar-refractivity contribution in [1.82, 2.24) is 0 Å². The Kier molecular flexibility index (Phi) is 3.90. The molecule has 1 rings (SSSR count). The lowest BCUT2D eigenvalue weighted by Gasteiger charge is -2.25. The van der Waals surface area contributed by atoms with E-state index in [0.29, 0.717) is 5.75 Å². The Morgan fingerprint density at radius 3 is 2.20 bits per heavy atom. The standard InChI is InChI=1S/C10H15O3PS/c1-10(2,3)13-14(11,15)12-9-7-5-4-6-8-9/h4-8H,1-3H3,(H,11,15). The molecule has 1 unspecified atom stereocenters. The molecule has 0 radical (unpaired) electrons. The van der Waals surface area contributed by atoms with Gasteiger partial charge in [-0.3, -0.25) is 4.52 Å². The third kappa shape index (κ3) is 5.28. The van der Waals surface area contributed by atoms with Crippen molar-refractivity contribution in [2.75, 3.05) is 0 Å². The van der Waals surface area contributed by atoms with Crippen LogP contribution in [0.15, 0.2) is 30.3 Å². The molecule has 0 bridgehead atoms. The normalized spacial score (nSPS) is 15.7. The summed E-state index contributed by atoms with van der Waals surface area (Å²) in [5.74, 6) is 0.521. The first-order valence-electron chi connectivity index (χ1n) is 4.57. The highest BCUT2D eigenvalue weighted by atomic mass is 32.5. The molecule has 0 aliphatic heterocycles. The van der Waals surface area contributed by atoms with Gasteiger partial charge in [-0.05, 0) is 32.9 Å². The summed E-state index contributed by atoms with van der Waals surface area (Å²) < 4.78 is 10.5. The maximum absolute atomic E-state index is 9.78. The van der Waals surface area contributed by atoms with Crippen LogP contribution in [0, 0.1) is 0 Å². The van der Waals surface area contributed by atoms with Crippen molar-refractivity contribution in [2.45, 2.75) is 26.4 Å². The number of hydrogen-bond donors (Lipinski definition) is 1. The Hall–Kier alpha value is -0.410. The minimum absolute atomic E-state index is 0.515. The van der Waals surface area contributed by atoms with Gasteiger partial charge in [0.2, 0.25) is 0 Å². The Morgan fingerprint density at radius 1 is 1.20 bits per heavy atom. The summed E-state index contributed by atoms with van der Waals surface area (Å²) in [6.45, 7) is 2.25.